The highest BCUT2D eigenvalue weighted by atomic mass is 19.4. The van der Waals surface area contributed by atoms with Gasteiger partial charge in [0.1, 0.15) is 6.04 Å². The molecule has 1 heterocycles. The monoisotopic (exact) mass is 428 g/mol. The van der Waals surface area contributed by atoms with Crippen molar-refractivity contribution in [3.05, 3.63) is 59.8 Å². The predicted molar refractivity (Wildman–Crippen MR) is 105 cm³/mol. The number of hydrogen-bond acceptors (Lipinski definition) is 1. The van der Waals surface area contributed by atoms with Crippen LogP contribution in [0.2, 0.25) is 0 Å². The molecule has 0 spiro atoms. The molecule has 0 bridgehead atoms. The maximum Gasteiger partial charge on any atom is 0.417 e. The van der Waals surface area contributed by atoms with E-state index in [1.54, 1.807) is 4.57 Å². The van der Waals surface area contributed by atoms with Crippen LogP contribution in [0.4, 0.5) is 26.3 Å². The van der Waals surface area contributed by atoms with Crippen molar-refractivity contribution in [2.75, 3.05) is 0 Å². The van der Waals surface area contributed by atoms with Crippen molar-refractivity contribution in [3.8, 4) is 11.1 Å². The van der Waals surface area contributed by atoms with Crippen LogP contribution in [0.3, 0.4) is 0 Å². The summed E-state index contributed by atoms with van der Waals surface area (Å²) in [5, 5.41) is 0.275. The fraction of sp³-hybridized carbons (Fsp3) is 0.364. The first-order valence-electron chi connectivity index (χ1n) is 9.30. The number of nitrogens with two attached hydrogens (primary N) is 1. The van der Waals surface area contributed by atoms with Gasteiger partial charge >= 0.3 is 12.4 Å². The molecule has 0 aliphatic carbocycles. The van der Waals surface area contributed by atoms with Gasteiger partial charge in [0.25, 0.3) is 0 Å². The van der Waals surface area contributed by atoms with Crippen LogP contribution < -0.4 is 5.73 Å². The van der Waals surface area contributed by atoms with Crippen LogP contribution >= 0.6 is 0 Å². The topological polar surface area (TPSA) is 30.9 Å². The maximum absolute atomic E-state index is 13.4. The highest BCUT2D eigenvalue weighted by Gasteiger charge is 2.40. The third kappa shape index (κ3) is 4.48. The van der Waals surface area contributed by atoms with E-state index in [4.69, 9.17) is 5.73 Å². The van der Waals surface area contributed by atoms with E-state index in [9.17, 15) is 26.3 Å². The number of hydrogen-bond donors (Lipinski definition) is 1. The molecule has 0 radical (unpaired) electrons. The van der Waals surface area contributed by atoms with Gasteiger partial charge in [-0.1, -0.05) is 51.1 Å². The van der Waals surface area contributed by atoms with Crippen molar-refractivity contribution in [2.24, 2.45) is 11.1 Å². The zero-order chi connectivity index (χ0) is 22.5. The Balaban J connectivity index is 2.25. The van der Waals surface area contributed by atoms with Gasteiger partial charge in [-0.3, -0.25) is 0 Å². The van der Waals surface area contributed by atoms with Gasteiger partial charge in [0, 0.05) is 29.2 Å². The summed E-state index contributed by atoms with van der Waals surface area (Å²) < 4.78 is 81.8. The van der Waals surface area contributed by atoms with Gasteiger partial charge in [0.05, 0.1) is 5.56 Å². The van der Waals surface area contributed by atoms with Crippen LogP contribution in [0.5, 0.6) is 0 Å². The fourth-order valence-corrected chi connectivity index (χ4v) is 3.54. The lowest BCUT2D eigenvalue weighted by Crippen LogP contribution is -2.28. The van der Waals surface area contributed by atoms with Crippen molar-refractivity contribution >= 4 is 10.9 Å². The van der Waals surface area contributed by atoms with E-state index >= 15 is 0 Å². The molecule has 0 aliphatic heterocycles. The molecule has 0 aliphatic rings. The molecule has 0 unspecified atom stereocenters. The molecule has 0 saturated heterocycles. The van der Waals surface area contributed by atoms with Gasteiger partial charge < -0.3 is 10.3 Å². The maximum atomic E-state index is 13.4. The Morgan fingerprint density at radius 1 is 0.933 bits per heavy atom. The third-order valence-electron chi connectivity index (χ3n) is 4.79. The number of benzene rings is 2. The summed E-state index contributed by atoms with van der Waals surface area (Å²) >= 11 is 0. The number of alkyl halides is 6. The van der Waals surface area contributed by atoms with E-state index in [1.807, 2.05) is 20.8 Å². The summed E-state index contributed by atoms with van der Waals surface area (Å²) in [6, 6.07) is 7.26. The number of halogens is 6. The molecule has 0 amide bonds. The Bertz CT molecular complexity index is 1050. The summed E-state index contributed by atoms with van der Waals surface area (Å²) in [6.07, 6.45) is -7.83. The van der Waals surface area contributed by atoms with E-state index in [-0.39, 0.29) is 27.5 Å². The molecule has 2 N–H and O–H groups in total. The predicted octanol–water partition coefficient (Wildman–Crippen LogP) is 6.94. The molecule has 3 rings (SSSR count). The van der Waals surface area contributed by atoms with Gasteiger partial charge in [-0.25, -0.2) is 0 Å². The minimum Gasteiger partial charge on any atom is -0.347 e. The Morgan fingerprint density at radius 2 is 1.57 bits per heavy atom. The smallest absolute Gasteiger partial charge is 0.347 e. The molecule has 162 valence electrons. The van der Waals surface area contributed by atoms with E-state index < -0.39 is 24.0 Å². The van der Waals surface area contributed by atoms with Gasteiger partial charge in [-0.15, -0.1) is 0 Å². The minimum atomic E-state index is -4.64. The van der Waals surface area contributed by atoms with E-state index in [0.29, 0.717) is 12.1 Å². The molecule has 2 aromatic carbocycles. The first-order chi connectivity index (χ1) is 13.7. The fourth-order valence-electron chi connectivity index (χ4n) is 3.54. The summed E-state index contributed by atoms with van der Waals surface area (Å²) in [6.45, 7) is 6.14. The Labute approximate surface area is 170 Å². The van der Waals surface area contributed by atoms with Crippen LogP contribution in [0.15, 0.2) is 48.7 Å². The lowest BCUT2D eigenvalue weighted by molar-refractivity contribution is -0.148. The molecule has 1 aromatic heterocycles. The zero-order valence-corrected chi connectivity index (χ0v) is 16.7. The van der Waals surface area contributed by atoms with Gasteiger partial charge in [-0.2, -0.15) is 26.3 Å². The summed E-state index contributed by atoms with van der Waals surface area (Å²) in [5.41, 5.74) is 4.94. The molecule has 1 atom stereocenters. The van der Waals surface area contributed by atoms with Gasteiger partial charge in [0.15, 0.2) is 0 Å². The minimum absolute atomic E-state index is 0.0305. The number of nitrogens with zero attached hydrogens (tertiary/aromatic N) is 1. The SMILES string of the molecule is CC(C)(C)Cn1cc([C@H](N)C(F)(F)F)c2ccc(-c3ccccc3C(F)(F)F)cc21. The molecule has 3 aromatic rings. The van der Waals surface area contributed by atoms with Crippen molar-refractivity contribution in [3.63, 3.8) is 0 Å². The molecule has 2 nitrogen and oxygen atoms in total. The number of fused-ring (bicyclic) bond motifs is 1. The highest BCUT2D eigenvalue weighted by Crippen LogP contribution is 2.40. The Morgan fingerprint density at radius 3 is 2.13 bits per heavy atom. The van der Waals surface area contributed by atoms with Crippen molar-refractivity contribution in [1.82, 2.24) is 4.57 Å². The normalized spacial score (nSPS) is 14.3. The second-order valence-electron chi connectivity index (χ2n) is 8.57. The van der Waals surface area contributed by atoms with Crippen LogP contribution in [0, 0.1) is 5.41 Å². The standard InChI is InChI=1S/C22H22F6N2/c1-20(2,3)12-30-11-16(19(29)22(26,27)28)15-9-8-13(10-18(15)30)14-6-4-5-7-17(14)21(23,24)25/h4-11,19H,12,29H2,1-3H3/t19-/m0/s1. The van der Waals surface area contributed by atoms with Crippen molar-refractivity contribution < 1.29 is 26.3 Å². The second kappa shape index (κ2) is 7.34. The Hall–Kier alpha value is -2.48. The molecule has 30 heavy (non-hydrogen) atoms. The van der Waals surface area contributed by atoms with Crippen molar-refractivity contribution in [2.45, 2.75) is 45.7 Å². The van der Waals surface area contributed by atoms with Gasteiger partial charge in [0.2, 0.25) is 0 Å². The highest BCUT2D eigenvalue weighted by molar-refractivity contribution is 5.89. The molecular weight excluding hydrogens is 406 g/mol. The van der Waals surface area contributed by atoms with Crippen LogP contribution in [-0.2, 0) is 12.7 Å². The van der Waals surface area contributed by atoms with E-state index in [2.05, 4.69) is 0 Å². The third-order valence-corrected chi connectivity index (χ3v) is 4.79. The second-order valence-corrected chi connectivity index (χ2v) is 8.57. The Kier molecular flexibility index (Phi) is 5.43. The summed E-state index contributed by atoms with van der Waals surface area (Å²) in [7, 11) is 0. The largest absolute Gasteiger partial charge is 0.417 e. The van der Waals surface area contributed by atoms with E-state index in [0.717, 1.165) is 6.07 Å². The molecule has 0 fully saturated rings. The first kappa shape index (κ1) is 22.2. The first-order valence-corrected chi connectivity index (χ1v) is 9.30. The van der Waals surface area contributed by atoms with Crippen LogP contribution in [0.25, 0.3) is 22.0 Å². The quantitative estimate of drug-likeness (QED) is 0.450. The zero-order valence-electron chi connectivity index (χ0n) is 16.7. The van der Waals surface area contributed by atoms with Crippen LogP contribution in [0.1, 0.15) is 37.9 Å². The van der Waals surface area contributed by atoms with Crippen LogP contribution in [-0.4, -0.2) is 10.7 Å². The average molecular weight is 428 g/mol. The number of aromatic nitrogens is 1. The van der Waals surface area contributed by atoms with E-state index in [1.165, 1.54) is 42.6 Å². The molecule has 8 heteroatoms. The molecule has 0 saturated carbocycles. The summed E-state index contributed by atoms with van der Waals surface area (Å²) in [5.74, 6) is 0. The number of rotatable bonds is 3. The van der Waals surface area contributed by atoms with Crippen molar-refractivity contribution in [1.29, 1.82) is 0 Å². The average Bonchev–Trinajstić information content (AvgIpc) is 2.95. The lowest BCUT2D eigenvalue weighted by atomic mass is 9.96. The molecular formula is C22H22F6N2. The lowest BCUT2D eigenvalue weighted by Gasteiger charge is -2.20. The van der Waals surface area contributed by atoms with Gasteiger partial charge in [-0.05, 0) is 28.7 Å². The summed E-state index contributed by atoms with van der Waals surface area (Å²) in [4.78, 5) is 0.